The number of unbranched alkanes of at least 4 members (excludes halogenated alkanes) is 13. The number of rotatable bonds is 21. The van der Waals surface area contributed by atoms with Crippen LogP contribution in [0.3, 0.4) is 0 Å². The van der Waals surface area contributed by atoms with Crippen LogP contribution in [0.2, 0.25) is 0 Å². The Kier molecular flexibility index (Phi) is 19.7. The number of carboxylic acid groups (broad SMARTS) is 1. The highest BCUT2D eigenvalue weighted by molar-refractivity contribution is 5.66. The van der Waals surface area contributed by atoms with Gasteiger partial charge in [0.25, 0.3) is 0 Å². The molecule has 0 spiro atoms. The Morgan fingerprint density at radius 3 is 1.67 bits per heavy atom. The lowest BCUT2D eigenvalue weighted by atomic mass is 10.0. The average molecular weight is 386 g/mol. The molecule has 0 aliphatic heterocycles. The number of hydrogen-bond acceptors (Lipinski definition) is 3. The highest BCUT2D eigenvalue weighted by Crippen LogP contribution is 2.14. The zero-order chi connectivity index (χ0) is 20.2. The molecule has 0 aromatic carbocycles. The monoisotopic (exact) mass is 385 g/mol. The van der Waals surface area contributed by atoms with Crippen LogP contribution in [0.25, 0.3) is 0 Å². The maximum Gasteiger partial charge on any atom is 0.303 e. The maximum atomic E-state index is 10.5. The second-order valence-corrected chi connectivity index (χ2v) is 8.30. The van der Waals surface area contributed by atoms with Crippen molar-refractivity contribution in [1.82, 2.24) is 4.90 Å². The van der Waals surface area contributed by atoms with E-state index in [4.69, 9.17) is 5.11 Å². The number of aliphatic hydroxyl groups is 1. The maximum absolute atomic E-state index is 10.5. The Hall–Kier alpha value is -0.610. The van der Waals surface area contributed by atoms with Gasteiger partial charge in [-0.25, -0.2) is 0 Å². The summed E-state index contributed by atoms with van der Waals surface area (Å²) >= 11 is 0. The largest absolute Gasteiger partial charge is 0.481 e. The number of aliphatic carboxylic acids is 1. The minimum Gasteiger partial charge on any atom is -0.481 e. The van der Waals surface area contributed by atoms with E-state index in [0.717, 1.165) is 19.4 Å². The SMILES string of the molecule is CCCCCCCCCCCCCCCCC(O)CN(C)CCCC(=O)O. The summed E-state index contributed by atoms with van der Waals surface area (Å²) in [6.45, 7) is 3.66. The molecule has 0 amide bonds. The van der Waals surface area contributed by atoms with Gasteiger partial charge in [0.1, 0.15) is 0 Å². The summed E-state index contributed by atoms with van der Waals surface area (Å²) in [7, 11) is 1.95. The van der Waals surface area contributed by atoms with Gasteiger partial charge in [-0.15, -0.1) is 0 Å². The summed E-state index contributed by atoms with van der Waals surface area (Å²) in [4.78, 5) is 12.5. The zero-order valence-corrected chi connectivity index (χ0v) is 18.3. The number of hydrogen-bond donors (Lipinski definition) is 2. The molecule has 0 fully saturated rings. The molecule has 162 valence electrons. The van der Waals surface area contributed by atoms with Gasteiger partial charge in [-0.1, -0.05) is 96.8 Å². The molecule has 0 radical (unpaired) electrons. The van der Waals surface area contributed by atoms with Crippen LogP contribution in [0, 0.1) is 0 Å². The molecule has 0 saturated carbocycles. The first-order valence-corrected chi connectivity index (χ1v) is 11.6. The zero-order valence-electron chi connectivity index (χ0n) is 18.3. The molecule has 0 saturated heterocycles. The van der Waals surface area contributed by atoms with E-state index in [0.29, 0.717) is 13.0 Å². The standard InChI is InChI=1S/C23H47NO3/c1-3-4-5-6-7-8-9-10-11-12-13-14-15-16-18-22(25)21-24(2)20-17-19-23(26)27/h22,25H,3-21H2,1-2H3,(H,26,27). The van der Waals surface area contributed by atoms with Gasteiger partial charge in [-0.2, -0.15) is 0 Å². The molecular weight excluding hydrogens is 338 g/mol. The number of carbonyl (C=O) groups is 1. The van der Waals surface area contributed by atoms with Crippen molar-refractivity contribution in [3.05, 3.63) is 0 Å². The molecule has 0 aliphatic carbocycles. The van der Waals surface area contributed by atoms with Gasteiger partial charge in [0, 0.05) is 13.0 Å². The molecule has 0 bridgehead atoms. The molecule has 0 aromatic rings. The van der Waals surface area contributed by atoms with Crippen LogP contribution in [0.15, 0.2) is 0 Å². The lowest BCUT2D eigenvalue weighted by Crippen LogP contribution is -2.30. The second kappa shape index (κ2) is 20.1. The molecule has 2 N–H and O–H groups in total. The van der Waals surface area contributed by atoms with Crippen LogP contribution in [-0.4, -0.2) is 47.3 Å². The lowest BCUT2D eigenvalue weighted by molar-refractivity contribution is -0.137. The van der Waals surface area contributed by atoms with E-state index >= 15 is 0 Å². The fourth-order valence-electron chi connectivity index (χ4n) is 3.62. The van der Waals surface area contributed by atoms with Crippen molar-refractivity contribution in [3.8, 4) is 0 Å². The summed E-state index contributed by atoms with van der Waals surface area (Å²) in [5.41, 5.74) is 0. The molecule has 4 nitrogen and oxygen atoms in total. The smallest absolute Gasteiger partial charge is 0.303 e. The van der Waals surface area contributed by atoms with Crippen LogP contribution in [-0.2, 0) is 4.79 Å². The van der Waals surface area contributed by atoms with E-state index in [2.05, 4.69) is 6.92 Å². The van der Waals surface area contributed by atoms with Crippen molar-refractivity contribution >= 4 is 5.97 Å². The Bertz CT molecular complexity index is 323. The predicted molar refractivity (Wildman–Crippen MR) is 115 cm³/mol. The van der Waals surface area contributed by atoms with E-state index in [-0.39, 0.29) is 12.5 Å². The predicted octanol–water partition coefficient (Wildman–Crippen LogP) is 6.02. The Balaban J connectivity index is 3.26. The van der Waals surface area contributed by atoms with Gasteiger partial charge in [0.2, 0.25) is 0 Å². The molecule has 0 rings (SSSR count). The molecule has 0 aromatic heterocycles. The fraction of sp³-hybridized carbons (Fsp3) is 0.957. The summed E-state index contributed by atoms with van der Waals surface area (Å²) in [6.07, 6.45) is 20.4. The van der Waals surface area contributed by atoms with Crippen molar-refractivity contribution in [1.29, 1.82) is 0 Å². The van der Waals surface area contributed by atoms with E-state index in [1.54, 1.807) is 0 Å². The van der Waals surface area contributed by atoms with Gasteiger partial charge in [-0.05, 0) is 26.4 Å². The molecular formula is C23H47NO3. The van der Waals surface area contributed by atoms with Crippen LogP contribution in [0.1, 0.15) is 116 Å². The van der Waals surface area contributed by atoms with Crippen LogP contribution >= 0.6 is 0 Å². The normalized spacial score (nSPS) is 12.6. The molecule has 0 heterocycles. The fourth-order valence-corrected chi connectivity index (χ4v) is 3.62. The summed E-state index contributed by atoms with van der Waals surface area (Å²) in [5, 5.41) is 18.7. The number of likely N-dealkylation sites (N-methyl/N-ethyl adjacent to an activating group) is 1. The van der Waals surface area contributed by atoms with E-state index < -0.39 is 5.97 Å². The lowest BCUT2D eigenvalue weighted by Gasteiger charge is -2.20. The first-order valence-electron chi connectivity index (χ1n) is 11.6. The molecule has 27 heavy (non-hydrogen) atoms. The Morgan fingerprint density at radius 2 is 1.22 bits per heavy atom. The van der Waals surface area contributed by atoms with Crippen molar-refractivity contribution < 1.29 is 15.0 Å². The van der Waals surface area contributed by atoms with E-state index in [9.17, 15) is 9.90 Å². The highest BCUT2D eigenvalue weighted by Gasteiger charge is 2.08. The van der Waals surface area contributed by atoms with Crippen LogP contribution in [0.4, 0.5) is 0 Å². The molecule has 1 atom stereocenters. The third-order valence-electron chi connectivity index (χ3n) is 5.34. The molecule has 4 heteroatoms. The van der Waals surface area contributed by atoms with Crippen molar-refractivity contribution in [2.75, 3.05) is 20.1 Å². The topological polar surface area (TPSA) is 60.8 Å². The number of carboxylic acids is 1. The quantitative estimate of drug-likeness (QED) is 0.237. The summed E-state index contributed by atoms with van der Waals surface area (Å²) < 4.78 is 0. The molecule has 1 unspecified atom stereocenters. The minimum atomic E-state index is -0.744. The van der Waals surface area contributed by atoms with E-state index in [1.807, 2.05) is 11.9 Å². The number of nitrogens with zero attached hydrogens (tertiary/aromatic N) is 1. The molecule has 0 aliphatic rings. The first-order chi connectivity index (χ1) is 13.1. The second-order valence-electron chi connectivity index (χ2n) is 8.30. The third kappa shape index (κ3) is 21.5. The Labute approximate surface area is 168 Å². The first kappa shape index (κ1) is 26.4. The summed E-state index contributed by atoms with van der Waals surface area (Å²) in [5.74, 6) is -0.744. The van der Waals surface area contributed by atoms with Gasteiger partial charge in [-0.3, -0.25) is 4.79 Å². The van der Waals surface area contributed by atoms with E-state index in [1.165, 1.54) is 83.5 Å². The highest BCUT2D eigenvalue weighted by atomic mass is 16.4. The van der Waals surface area contributed by atoms with Gasteiger partial charge in [0.15, 0.2) is 0 Å². The minimum absolute atomic E-state index is 0.208. The van der Waals surface area contributed by atoms with Gasteiger partial charge < -0.3 is 15.1 Å². The average Bonchev–Trinajstić information content (AvgIpc) is 2.61. The van der Waals surface area contributed by atoms with Crippen LogP contribution < -0.4 is 0 Å². The van der Waals surface area contributed by atoms with Gasteiger partial charge >= 0.3 is 5.97 Å². The Morgan fingerprint density at radius 1 is 0.778 bits per heavy atom. The van der Waals surface area contributed by atoms with Crippen molar-refractivity contribution in [2.24, 2.45) is 0 Å². The third-order valence-corrected chi connectivity index (χ3v) is 5.34. The van der Waals surface area contributed by atoms with Crippen molar-refractivity contribution in [2.45, 2.75) is 122 Å². The summed E-state index contributed by atoms with van der Waals surface area (Å²) in [6, 6.07) is 0. The number of aliphatic hydroxyl groups excluding tert-OH is 1. The van der Waals surface area contributed by atoms with Crippen molar-refractivity contribution in [3.63, 3.8) is 0 Å². The van der Waals surface area contributed by atoms with Gasteiger partial charge in [0.05, 0.1) is 6.10 Å². The van der Waals surface area contributed by atoms with Crippen LogP contribution in [0.5, 0.6) is 0 Å².